The molecule has 9 heteroatoms. The van der Waals surface area contributed by atoms with Crippen molar-refractivity contribution in [2.24, 2.45) is 0 Å². The Morgan fingerprint density at radius 1 is 1.04 bits per heavy atom. The molecule has 0 aliphatic carbocycles. The van der Waals surface area contributed by atoms with Gasteiger partial charge < -0.3 is 5.11 Å². The van der Waals surface area contributed by atoms with Gasteiger partial charge in [0.2, 0.25) is 0 Å². The average Bonchev–Trinajstić information content (AvgIpc) is 2.78. The molecule has 2 atom stereocenters. The van der Waals surface area contributed by atoms with Crippen LogP contribution in [0.15, 0.2) is 47.4 Å². The van der Waals surface area contributed by atoms with Crippen LogP contribution >= 0.6 is 0 Å². The molecule has 0 bridgehead atoms. The fourth-order valence-electron chi connectivity index (χ4n) is 3.15. The van der Waals surface area contributed by atoms with Crippen LogP contribution in [0.25, 0.3) is 10.8 Å². The third kappa shape index (κ3) is 3.42. The van der Waals surface area contributed by atoms with E-state index >= 15 is 0 Å². The van der Waals surface area contributed by atoms with Crippen LogP contribution in [-0.2, 0) is 19.9 Å². The largest absolute Gasteiger partial charge is 0.390 e. The van der Waals surface area contributed by atoms with E-state index in [1.54, 1.807) is 12.1 Å². The van der Waals surface area contributed by atoms with Gasteiger partial charge in [-0.25, -0.2) is 21.8 Å². The fourth-order valence-corrected chi connectivity index (χ4v) is 6.74. The summed E-state index contributed by atoms with van der Waals surface area (Å²) in [5.74, 6) is -0.839. The molecule has 0 amide bonds. The SMILES string of the molecule is CN(C)N([C@H]1CS(=O)(=O)C[C@@H]1O)S(=O)(=O)c1ccc2ccccc2c1. The first-order valence-corrected chi connectivity index (χ1v) is 11.0. The first-order chi connectivity index (χ1) is 11.6. The Morgan fingerprint density at radius 3 is 2.24 bits per heavy atom. The summed E-state index contributed by atoms with van der Waals surface area (Å²) in [5.41, 5.74) is 0. The van der Waals surface area contributed by atoms with Gasteiger partial charge >= 0.3 is 0 Å². The fraction of sp³-hybridized carbons (Fsp3) is 0.375. The summed E-state index contributed by atoms with van der Waals surface area (Å²) >= 11 is 0. The van der Waals surface area contributed by atoms with Crippen LogP contribution in [0.2, 0.25) is 0 Å². The summed E-state index contributed by atoms with van der Waals surface area (Å²) < 4.78 is 50.9. The lowest BCUT2D eigenvalue weighted by molar-refractivity contribution is 0.0272. The molecule has 0 spiro atoms. The molecular formula is C16H20N2O5S2. The number of hydrogen-bond donors (Lipinski definition) is 1. The van der Waals surface area contributed by atoms with Crippen molar-refractivity contribution in [3.05, 3.63) is 42.5 Å². The Kier molecular flexibility index (Phi) is 4.63. The van der Waals surface area contributed by atoms with Gasteiger partial charge in [-0.3, -0.25) is 0 Å². The average molecular weight is 384 g/mol. The van der Waals surface area contributed by atoms with Crippen LogP contribution in [0.1, 0.15) is 0 Å². The summed E-state index contributed by atoms with van der Waals surface area (Å²) in [7, 11) is -4.49. The molecule has 2 aromatic carbocycles. The zero-order valence-electron chi connectivity index (χ0n) is 13.9. The zero-order chi connectivity index (χ0) is 18.4. The van der Waals surface area contributed by atoms with E-state index in [1.807, 2.05) is 24.3 Å². The third-order valence-corrected chi connectivity index (χ3v) is 7.87. The van der Waals surface area contributed by atoms with Gasteiger partial charge in [-0.1, -0.05) is 30.3 Å². The van der Waals surface area contributed by atoms with E-state index < -0.39 is 43.5 Å². The van der Waals surface area contributed by atoms with Gasteiger partial charge in [0.25, 0.3) is 10.0 Å². The lowest BCUT2D eigenvalue weighted by Crippen LogP contribution is -2.53. The Morgan fingerprint density at radius 2 is 1.68 bits per heavy atom. The molecule has 25 heavy (non-hydrogen) atoms. The maximum Gasteiger partial charge on any atom is 0.256 e. The van der Waals surface area contributed by atoms with Gasteiger partial charge in [0, 0.05) is 14.1 Å². The highest BCUT2D eigenvalue weighted by Crippen LogP contribution is 2.28. The van der Waals surface area contributed by atoms with Crippen LogP contribution in [0.4, 0.5) is 0 Å². The Bertz CT molecular complexity index is 1000. The molecule has 136 valence electrons. The quantitative estimate of drug-likeness (QED) is 0.770. The minimum absolute atomic E-state index is 0.0522. The number of hydrazine groups is 1. The molecule has 1 N–H and O–H groups in total. The second kappa shape index (κ2) is 6.33. The van der Waals surface area contributed by atoms with E-state index in [-0.39, 0.29) is 4.90 Å². The Hall–Kier alpha value is -1.52. The number of benzene rings is 2. The summed E-state index contributed by atoms with van der Waals surface area (Å²) in [4.78, 5) is 0.0522. The summed E-state index contributed by atoms with van der Waals surface area (Å²) in [6, 6.07) is 11.1. The van der Waals surface area contributed by atoms with E-state index in [4.69, 9.17) is 0 Å². The number of rotatable bonds is 4. The monoisotopic (exact) mass is 384 g/mol. The highest BCUT2D eigenvalue weighted by Gasteiger charge is 2.46. The first kappa shape index (κ1) is 18.3. The van der Waals surface area contributed by atoms with Crippen LogP contribution < -0.4 is 0 Å². The lowest BCUT2D eigenvalue weighted by Gasteiger charge is -2.34. The molecule has 7 nitrogen and oxygen atoms in total. The Balaban J connectivity index is 2.08. The molecule has 1 fully saturated rings. The van der Waals surface area contributed by atoms with E-state index in [1.165, 1.54) is 25.2 Å². The standard InChI is InChI=1S/C16H20N2O5S2/c1-17(2)18(15-10-24(20,21)11-16(15)19)25(22,23)14-8-7-12-5-3-4-6-13(12)9-14/h3-9,15-16,19H,10-11H2,1-2H3/t15-,16-/m0/s1. The number of sulfone groups is 1. The molecule has 0 saturated carbocycles. The van der Waals surface area contributed by atoms with Crippen molar-refractivity contribution in [2.45, 2.75) is 17.0 Å². The second-order valence-corrected chi connectivity index (χ2v) is 10.3. The predicted molar refractivity (Wildman–Crippen MR) is 95.1 cm³/mol. The van der Waals surface area contributed by atoms with Gasteiger partial charge in [0.1, 0.15) is 0 Å². The maximum absolute atomic E-state index is 13.1. The number of nitrogens with zero attached hydrogens (tertiary/aromatic N) is 2. The van der Waals surface area contributed by atoms with Crippen LogP contribution in [0.3, 0.4) is 0 Å². The van der Waals surface area contributed by atoms with Crippen molar-refractivity contribution >= 4 is 30.6 Å². The number of hydrogen-bond acceptors (Lipinski definition) is 6. The van der Waals surface area contributed by atoms with Gasteiger partial charge in [0.15, 0.2) is 9.84 Å². The molecule has 2 aromatic rings. The summed E-state index contributed by atoms with van der Waals surface area (Å²) in [6.07, 6.45) is -1.26. The van der Waals surface area contributed by atoms with E-state index in [0.717, 1.165) is 15.2 Å². The van der Waals surface area contributed by atoms with E-state index in [9.17, 15) is 21.9 Å². The van der Waals surface area contributed by atoms with Crippen LogP contribution in [0.5, 0.6) is 0 Å². The van der Waals surface area contributed by atoms with Gasteiger partial charge in [-0.05, 0) is 22.9 Å². The van der Waals surface area contributed by atoms with E-state index in [0.29, 0.717) is 0 Å². The normalized spacial score (nSPS) is 23.6. The molecule has 0 unspecified atom stereocenters. The van der Waals surface area contributed by atoms with E-state index in [2.05, 4.69) is 0 Å². The van der Waals surface area contributed by atoms with Gasteiger partial charge in [-0.2, -0.15) is 0 Å². The van der Waals surface area contributed by atoms with Crippen LogP contribution in [0, 0.1) is 0 Å². The highest BCUT2D eigenvalue weighted by molar-refractivity contribution is 7.92. The van der Waals surface area contributed by atoms with Crippen molar-refractivity contribution in [3.63, 3.8) is 0 Å². The summed E-state index contributed by atoms with van der Waals surface area (Å²) in [5, 5.41) is 13.1. The molecule has 0 radical (unpaired) electrons. The zero-order valence-corrected chi connectivity index (χ0v) is 15.5. The maximum atomic E-state index is 13.1. The van der Waals surface area contributed by atoms with Crippen LogP contribution in [-0.4, -0.2) is 69.1 Å². The molecule has 1 aliphatic rings. The van der Waals surface area contributed by atoms with Crippen molar-refractivity contribution in [1.29, 1.82) is 0 Å². The highest BCUT2D eigenvalue weighted by atomic mass is 32.2. The molecule has 1 saturated heterocycles. The Labute approximate surface area is 147 Å². The molecular weight excluding hydrogens is 364 g/mol. The molecule has 1 heterocycles. The molecule has 0 aromatic heterocycles. The smallest absolute Gasteiger partial charge is 0.256 e. The topological polar surface area (TPSA) is 95.0 Å². The summed E-state index contributed by atoms with van der Waals surface area (Å²) in [6.45, 7) is 0. The van der Waals surface area contributed by atoms with Crippen molar-refractivity contribution in [3.8, 4) is 0 Å². The number of sulfonamides is 1. The number of aliphatic hydroxyl groups is 1. The predicted octanol–water partition coefficient (Wildman–Crippen LogP) is 0.465. The van der Waals surface area contributed by atoms with Crippen molar-refractivity contribution in [1.82, 2.24) is 9.42 Å². The molecule has 1 aliphatic heterocycles. The second-order valence-electron chi connectivity index (χ2n) is 6.35. The minimum atomic E-state index is -4.02. The van der Waals surface area contributed by atoms with Gasteiger partial charge in [0.05, 0.1) is 28.5 Å². The minimum Gasteiger partial charge on any atom is -0.390 e. The third-order valence-electron chi connectivity index (χ3n) is 4.24. The number of fused-ring (bicyclic) bond motifs is 1. The van der Waals surface area contributed by atoms with Crippen molar-refractivity contribution in [2.75, 3.05) is 25.6 Å². The van der Waals surface area contributed by atoms with Gasteiger partial charge in [-0.15, -0.1) is 4.41 Å². The molecule has 3 rings (SSSR count). The number of aliphatic hydroxyl groups excluding tert-OH is 1. The van der Waals surface area contributed by atoms with Crippen molar-refractivity contribution < 1.29 is 21.9 Å². The first-order valence-electron chi connectivity index (χ1n) is 7.71. The lowest BCUT2D eigenvalue weighted by atomic mass is 10.1.